The molecule has 0 spiro atoms. The zero-order valence-corrected chi connectivity index (χ0v) is 10.00. The first-order chi connectivity index (χ1) is 6.85. The molecule has 0 heterocycles. The van der Waals surface area contributed by atoms with Crippen LogP contribution in [0.3, 0.4) is 0 Å². The van der Waals surface area contributed by atoms with Crippen LogP contribution in [-0.4, -0.2) is 24.5 Å². The predicted molar refractivity (Wildman–Crippen MR) is 65.6 cm³/mol. The van der Waals surface area contributed by atoms with Gasteiger partial charge < -0.3 is 0 Å². The zero-order chi connectivity index (χ0) is 10.6. The molecule has 0 amide bonds. The van der Waals surface area contributed by atoms with Gasteiger partial charge in [-0.2, -0.15) is 0 Å². The third kappa shape index (κ3) is 8.06. The number of rotatable bonds is 8. The molecule has 0 aromatic heterocycles. The lowest BCUT2D eigenvalue weighted by atomic mass is 10.3. The van der Waals surface area contributed by atoms with Crippen LogP contribution >= 0.6 is 0 Å². The van der Waals surface area contributed by atoms with Crippen molar-refractivity contribution in [2.24, 2.45) is 0 Å². The molecular weight excluding hydrogens is 170 g/mol. The lowest BCUT2D eigenvalue weighted by Gasteiger charge is -2.18. The maximum Gasteiger partial charge on any atom is 0.0166 e. The van der Waals surface area contributed by atoms with Gasteiger partial charge in [-0.1, -0.05) is 45.1 Å². The molecule has 0 fully saturated rings. The Kier molecular flexibility index (Phi) is 10.1. The van der Waals surface area contributed by atoms with Crippen molar-refractivity contribution in [3.8, 4) is 0 Å². The molecule has 14 heavy (non-hydrogen) atoms. The van der Waals surface area contributed by atoms with Crippen LogP contribution in [0.5, 0.6) is 0 Å². The summed E-state index contributed by atoms with van der Waals surface area (Å²) in [5.41, 5.74) is 0. The van der Waals surface area contributed by atoms with Gasteiger partial charge in [0, 0.05) is 6.54 Å². The van der Waals surface area contributed by atoms with E-state index >= 15 is 0 Å². The van der Waals surface area contributed by atoms with Gasteiger partial charge >= 0.3 is 0 Å². The Hall–Kier alpha value is -0.560. The van der Waals surface area contributed by atoms with E-state index in [9.17, 15) is 0 Å². The second kappa shape index (κ2) is 10.5. The van der Waals surface area contributed by atoms with Crippen molar-refractivity contribution in [2.45, 2.75) is 40.0 Å². The predicted octanol–water partition coefficient (Wildman–Crippen LogP) is 3.63. The maximum absolute atomic E-state index is 2.50. The summed E-state index contributed by atoms with van der Waals surface area (Å²) in [6.45, 7) is 10.2. The molecule has 0 radical (unpaired) electrons. The zero-order valence-electron chi connectivity index (χ0n) is 10.00. The van der Waals surface area contributed by atoms with E-state index in [4.69, 9.17) is 0 Å². The van der Waals surface area contributed by atoms with Crippen LogP contribution in [0.4, 0.5) is 0 Å². The second-order valence-corrected chi connectivity index (χ2v) is 3.57. The average Bonchev–Trinajstić information content (AvgIpc) is 2.18. The molecule has 1 heteroatoms. The fraction of sp³-hybridized carbons (Fsp3) is 0.692. The Morgan fingerprint density at radius 2 is 1.43 bits per heavy atom. The van der Waals surface area contributed by atoms with Crippen molar-refractivity contribution in [1.29, 1.82) is 0 Å². The van der Waals surface area contributed by atoms with Gasteiger partial charge in [0.2, 0.25) is 0 Å². The fourth-order valence-corrected chi connectivity index (χ4v) is 1.43. The molecule has 82 valence electrons. The third-order valence-electron chi connectivity index (χ3n) is 2.06. The molecule has 0 saturated heterocycles. The van der Waals surface area contributed by atoms with Gasteiger partial charge in [0.25, 0.3) is 0 Å². The minimum atomic E-state index is 1.09. The van der Waals surface area contributed by atoms with Crippen molar-refractivity contribution in [2.75, 3.05) is 19.6 Å². The van der Waals surface area contributed by atoms with E-state index in [2.05, 4.69) is 50.0 Å². The lowest BCUT2D eigenvalue weighted by molar-refractivity contribution is 0.303. The van der Waals surface area contributed by atoms with Crippen molar-refractivity contribution in [3.05, 3.63) is 24.3 Å². The highest BCUT2D eigenvalue weighted by molar-refractivity contribution is 5.02. The minimum absolute atomic E-state index is 1.09. The first kappa shape index (κ1) is 13.4. The van der Waals surface area contributed by atoms with E-state index in [1.165, 1.54) is 25.9 Å². The molecule has 0 unspecified atom stereocenters. The van der Waals surface area contributed by atoms with Crippen LogP contribution in [0.2, 0.25) is 0 Å². The molecule has 0 aromatic rings. The lowest BCUT2D eigenvalue weighted by Crippen LogP contribution is -2.25. The van der Waals surface area contributed by atoms with Gasteiger partial charge in [0.05, 0.1) is 0 Å². The Morgan fingerprint density at radius 1 is 0.857 bits per heavy atom. The van der Waals surface area contributed by atoms with Crippen molar-refractivity contribution < 1.29 is 0 Å². The monoisotopic (exact) mass is 195 g/mol. The summed E-state index contributed by atoms with van der Waals surface area (Å²) in [5, 5.41) is 0. The molecule has 1 nitrogen and oxygen atoms in total. The van der Waals surface area contributed by atoms with Crippen molar-refractivity contribution in [1.82, 2.24) is 4.90 Å². The maximum atomic E-state index is 2.50. The number of hydrogen-bond donors (Lipinski definition) is 0. The van der Waals surface area contributed by atoms with E-state index in [-0.39, 0.29) is 0 Å². The summed E-state index contributed by atoms with van der Waals surface area (Å²) >= 11 is 0. The molecule has 0 bridgehead atoms. The summed E-state index contributed by atoms with van der Waals surface area (Å²) < 4.78 is 0. The Morgan fingerprint density at radius 3 is 1.93 bits per heavy atom. The molecule has 0 saturated carbocycles. The molecule has 0 rings (SSSR count). The fourth-order valence-electron chi connectivity index (χ4n) is 1.43. The summed E-state index contributed by atoms with van der Waals surface area (Å²) in [6, 6.07) is 0. The highest BCUT2D eigenvalue weighted by atomic mass is 15.1. The summed E-state index contributed by atoms with van der Waals surface area (Å²) in [6.07, 6.45) is 12.3. The molecular formula is C13H25N. The Labute approximate surface area is 89.5 Å². The normalized spacial score (nSPS) is 12.3. The van der Waals surface area contributed by atoms with E-state index in [0.29, 0.717) is 0 Å². The van der Waals surface area contributed by atoms with Gasteiger partial charge in [0.1, 0.15) is 0 Å². The molecule has 0 aromatic carbocycles. The van der Waals surface area contributed by atoms with Gasteiger partial charge in [-0.05, 0) is 32.4 Å². The van der Waals surface area contributed by atoms with Gasteiger partial charge in [-0.3, -0.25) is 4.90 Å². The van der Waals surface area contributed by atoms with Gasteiger partial charge in [-0.25, -0.2) is 0 Å². The topological polar surface area (TPSA) is 3.24 Å². The first-order valence-corrected chi connectivity index (χ1v) is 5.89. The molecule has 0 aliphatic heterocycles. The number of nitrogens with zero attached hydrogens (tertiary/aromatic N) is 1. The van der Waals surface area contributed by atoms with Crippen LogP contribution < -0.4 is 0 Å². The number of hydrogen-bond acceptors (Lipinski definition) is 1. The molecule has 0 atom stereocenters. The standard InChI is InChI=1S/C13H25N/c1-4-7-8-9-10-13-14(11-5-2)12-6-3/h7-10H,4-6,11-13H2,1-3H3. The Balaban J connectivity index is 3.68. The number of allylic oxidation sites excluding steroid dienone is 3. The van der Waals surface area contributed by atoms with Crippen molar-refractivity contribution in [3.63, 3.8) is 0 Å². The average molecular weight is 195 g/mol. The quantitative estimate of drug-likeness (QED) is 0.535. The summed E-state index contributed by atoms with van der Waals surface area (Å²) in [7, 11) is 0. The minimum Gasteiger partial charge on any atom is -0.300 e. The SMILES string of the molecule is CCC=CC=CCN(CCC)CCC. The molecule has 0 N–H and O–H groups in total. The van der Waals surface area contributed by atoms with E-state index in [0.717, 1.165) is 13.0 Å². The summed E-state index contributed by atoms with van der Waals surface area (Å²) in [5.74, 6) is 0. The van der Waals surface area contributed by atoms with Crippen LogP contribution in [0.25, 0.3) is 0 Å². The van der Waals surface area contributed by atoms with E-state index in [1.54, 1.807) is 0 Å². The third-order valence-corrected chi connectivity index (χ3v) is 2.06. The van der Waals surface area contributed by atoms with Crippen LogP contribution in [0.15, 0.2) is 24.3 Å². The molecule has 0 aliphatic rings. The van der Waals surface area contributed by atoms with Crippen LogP contribution in [0.1, 0.15) is 40.0 Å². The highest BCUT2D eigenvalue weighted by Gasteiger charge is 1.97. The smallest absolute Gasteiger partial charge is 0.0166 e. The second-order valence-electron chi connectivity index (χ2n) is 3.57. The van der Waals surface area contributed by atoms with E-state index < -0.39 is 0 Å². The first-order valence-electron chi connectivity index (χ1n) is 5.89. The molecule has 0 aliphatic carbocycles. The highest BCUT2D eigenvalue weighted by Crippen LogP contribution is 1.94. The van der Waals surface area contributed by atoms with Crippen LogP contribution in [-0.2, 0) is 0 Å². The van der Waals surface area contributed by atoms with Gasteiger partial charge in [0.15, 0.2) is 0 Å². The van der Waals surface area contributed by atoms with E-state index in [1.807, 2.05) is 0 Å². The Bertz CT molecular complexity index is 153. The van der Waals surface area contributed by atoms with Gasteiger partial charge in [-0.15, -0.1) is 0 Å². The summed E-state index contributed by atoms with van der Waals surface area (Å²) in [4.78, 5) is 2.50. The van der Waals surface area contributed by atoms with Crippen LogP contribution in [0, 0.1) is 0 Å². The van der Waals surface area contributed by atoms with Crippen molar-refractivity contribution >= 4 is 0 Å². The largest absolute Gasteiger partial charge is 0.300 e.